The Morgan fingerprint density at radius 3 is 2.50 bits per heavy atom. The molecule has 1 aliphatic carbocycles. The van der Waals surface area contributed by atoms with Gasteiger partial charge in [0.1, 0.15) is 5.60 Å². The highest BCUT2D eigenvalue weighted by molar-refractivity contribution is 7.16. The molecule has 1 saturated carbocycles. The molecule has 1 aliphatic heterocycles. The van der Waals surface area contributed by atoms with E-state index in [9.17, 15) is 14.7 Å². The fourth-order valence-corrected chi connectivity index (χ4v) is 5.04. The van der Waals surface area contributed by atoms with Crippen LogP contribution in [-0.4, -0.2) is 45.4 Å². The van der Waals surface area contributed by atoms with Gasteiger partial charge in [-0.15, -0.1) is 11.3 Å². The number of aromatic nitrogens is 1. The number of nitrogens with zero attached hydrogens (tertiary/aromatic N) is 2. The lowest BCUT2D eigenvalue weighted by Crippen LogP contribution is -2.43. The zero-order chi connectivity index (χ0) is 20.9. The normalized spacial score (nSPS) is 18.5. The Hall–Kier alpha value is -2.57. The van der Waals surface area contributed by atoms with Gasteiger partial charge in [0.05, 0.1) is 15.7 Å². The predicted molar refractivity (Wildman–Crippen MR) is 118 cm³/mol. The molecule has 5 nitrogen and oxygen atoms in total. The van der Waals surface area contributed by atoms with Crippen molar-refractivity contribution in [3.05, 3.63) is 53.0 Å². The van der Waals surface area contributed by atoms with E-state index in [1.54, 1.807) is 11.3 Å². The zero-order valence-corrected chi connectivity index (χ0v) is 17.7. The molecule has 2 fully saturated rings. The minimum atomic E-state index is -1.06. The number of benzene rings is 2. The predicted octanol–water partition coefficient (Wildman–Crippen LogP) is 4.22. The van der Waals surface area contributed by atoms with Gasteiger partial charge in [0.25, 0.3) is 5.91 Å². The monoisotopic (exact) mass is 420 g/mol. The van der Waals surface area contributed by atoms with Crippen LogP contribution in [-0.2, 0) is 4.79 Å². The first-order valence-electron chi connectivity index (χ1n) is 10.4. The van der Waals surface area contributed by atoms with Gasteiger partial charge in [-0.25, -0.2) is 4.98 Å². The van der Waals surface area contributed by atoms with Gasteiger partial charge in [-0.3, -0.25) is 9.59 Å². The minimum Gasteiger partial charge on any atom is -0.382 e. The Kier molecular flexibility index (Phi) is 4.71. The van der Waals surface area contributed by atoms with E-state index >= 15 is 0 Å². The number of amides is 1. The topological polar surface area (TPSA) is 70.5 Å². The lowest BCUT2D eigenvalue weighted by molar-refractivity contribution is -0.134. The molecule has 0 radical (unpaired) electrons. The molecule has 0 spiro atoms. The molecule has 1 N–H and O–H groups in total. The Labute approximate surface area is 179 Å². The van der Waals surface area contributed by atoms with Crippen LogP contribution in [0.25, 0.3) is 21.3 Å². The maximum absolute atomic E-state index is 13.1. The number of fused-ring (bicyclic) bond motifs is 1. The van der Waals surface area contributed by atoms with Gasteiger partial charge in [0.15, 0.2) is 5.78 Å². The lowest BCUT2D eigenvalue weighted by Gasteiger charge is -2.32. The minimum absolute atomic E-state index is 0.0186. The van der Waals surface area contributed by atoms with Crippen molar-refractivity contribution in [2.45, 2.75) is 38.2 Å². The van der Waals surface area contributed by atoms with Gasteiger partial charge in [-0.1, -0.05) is 18.2 Å². The summed E-state index contributed by atoms with van der Waals surface area (Å²) in [4.78, 5) is 31.7. The molecule has 6 heteroatoms. The van der Waals surface area contributed by atoms with Gasteiger partial charge in [-0.05, 0) is 67.5 Å². The Morgan fingerprint density at radius 2 is 1.80 bits per heavy atom. The van der Waals surface area contributed by atoms with Crippen molar-refractivity contribution in [3.63, 3.8) is 0 Å². The first-order chi connectivity index (χ1) is 14.4. The van der Waals surface area contributed by atoms with Crippen molar-refractivity contribution in [3.8, 4) is 11.1 Å². The number of likely N-dealkylation sites (tertiary alicyclic amines) is 1. The summed E-state index contributed by atoms with van der Waals surface area (Å²) in [6, 6.07) is 12.2. The second-order valence-electron chi connectivity index (χ2n) is 8.53. The van der Waals surface area contributed by atoms with Crippen LogP contribution < -0.4 is 0 Å². The quantitative estimate of drug-likeness (QED) is 0.686. The Morgan fingerprint density at radius 1 is 1.10 bits per heavy atom. The fraction of sp³-hybridized carbons (Fsp3) is 0.375. The van der Waals surface area contributed by atoms with Crippen molar-refractivity contribution in [2.75, 3.05) is 13.1 Å². The molecular weight excluding hydrogens is 396 g/mol. The summed E-state index contributed by atoms with van der Waals surface area (Å²) < 4.78 is 1.16. The molecule has 2 aliphatic rings. The van der Waals surface area contributed by atoms with Gasteiger partial charge < -0.3 is 10.0 Å². The van der Waals surface area contributed by atoms with Crippen molar-refractivity contribution in [1.29, 1.82) is 0 Å². The number of carbonyl (C=O) groups excluding carboxylic acids is 2. The number of ketones is 1. The zero-order valence-electron chi connectivity index (χ0n) is 16.9. The van der Waals surface area contributed by atoms with Crippen LogP contribution in [0.4, 0.5) is 0 Å². The van der Waals surface area contributed by atoms with Crippen molar-refractivity contribution in [2.24, 2.45) is 5.92 Å². The highest BCUT2D eigenvalue weighted by Gasteiger charge is 2.50. The van der Waals surface area contributed by atoms with E-state index < -0.39 is 5.60 Å². The van der Waals surface area contributed by atoms with Gasteiger partial charge >= 0.3 is 0 Å². The van der Waals surface area contributed by atoms with Crippen LogP contribution in [0.15, 0.2) is 41.9 Å². The molecule has 1 saturated heterocycles. The summed E-state index contributed by atoms with van der Waals surface area (Å²) in [6.45, 7) is 3.09. The van der Waals surface area contributed by atoms with E-state index in [1.165, 1.54) is 0 Å². The number of hydrogen-bond donors (Lipinski definition) is 1. The van der Waals surface area contributed by atoms with Gasteiger partial charge in [-0.2, -0.15) is 0 Å². The second kappa shape index (κ2) is 7.29. The smallest absolute Gasteiger partial charge is 0.254 e. The van der Waals surface area contributed by atoms with E-state index in [2.05, 4.69) is 29.2 Å². The van der Waals surface area contributed by atoms with Crippen LogP contribution in [0.3, 0.4) is 0 Å². The summed E-state index contributed by atoms with van der Waals surface area (Å²) in [5.74, 6) is -0.122. The Bertz CT molecular complexity index is 1140. The van der Waals surface area contributed by atoms with E-state index in [-0.39, 0.29) is 17.6 Å². The molecule has 2 aromatic carbocycles. The number of aryl methyl sites for hydroxylation is 1. The van der Waals surface area contributed by atoms with Crippen LogP contribution in [0.2, 0.25) is 0 Å². The summed E-state index contributed by atoms with van der Waals surface area (Å²) in [7, 11) is 0. The summed E-state index contributed by atoms with van der Waals surface area (Å²) >= 11 is 1.63. The highest BCUT2D eigenvalue weighted by Crippen LogP contribution is 2.40. The van der Waals surface area contributed by atoms with Crippen LogP contribution in [0.1, 0.15) is 41.6 Å². The lowest BCUT2D eigenvalue weighted by atomic mass is 9.88. The maximum atomic E-state index is 13.1. The number of thiazole rings is 1. The number of rotatable bonds is 4. The maximum Gasteiger partial charge on any atom is 0.254 e. The number of hydrogen-bond acceptors (Lipinski definition) is 5. The standard InChI is InChI=1S/C24H24N2O3S/c1-15-12-17(18-3-5-21-20(13-18)25-14-30-21)2-4-19(15)23(28)26-10-6-16(7-11-26)22(27)24(29)8-9-24/h2-5,12-14,16,29H,6-11H2,1H3. The van der Waals surface area contributed by atoms with Crippen molar-refractivity contribution < 1.29 is 14.7 Å². The van der Waals surface area contributed by atoms with E-state index in [1.807, 2.05) is 29.5 Å². The molecule has 154 valence electrons. The molecule has 0 bridgehead atoms. The first-order valence-corrected chi connectivity index (χ1v) is 11.3. The van der Waals surface area contributed by atoms with E-state index in [4.69, 9.17) is 0 Å². The SMILES string of the molecule is Cc1cc(-c2ccc3scnc3c2)ccc1C(=O)N1CCC(C(=O)C2(O)CC2)CC1. The molecule has 5 rings (SSSR count). The first kappa shape index (κ1) is 19.4. The summed E-state index contributed by atoms with van der Waals surface area (Å²) in [5, 5.41) is 10.1. The molecular formula is C24H24N2O3S. The van der Waals surface area contributed by atoms with Crippen LogP contribution >= 0.6 is 11.3 Å². The second-order valence-corrected chi connectivity index (χ2v) is 9.41. The molecule has 0 atom stereocenters. The largest absolute Gasteiger partial charge is 0.382 e. The number of aliphatic hydroxyl groups is 1. The molecule has 3 aromatic rings. The van der Waals surface area contributed by atoms with Crippen molar-refractivity contribution >= 4 is 33.2 Å². The molecule has 0 unspecified atom stereocenters. The van der Waals surface area contributed by atoms with E-state index in [0.29, 0.717) is 44.3 Å². The number of piperidine rings is 1. The Balaban J connectivity index is 1.30. The average molecular weight is 421 g/mol. The summed E-state index contributed by atoms with van der Waals surface area (Å²) in [6.07, 6.45) is 2.45. The van der Waals surface area contributed by atoms with Crippen LogP contribution in [0, 0.1) is 12.8 Å². The summed E-state index contributed by atoms with van der Waals surface area (Å²) in [5.41, 5.74) is 5.59. The average Bonchev–Trinajstić information content (AvgIpc) is 3.34. The third-order valence-corrected chi connectivity index (χ3v) is 7.27. The number of carbonyl (C=O) groups is 2. The molecule has 1 aromatic heterocycles. The molecule has 30 heavy (non-hydrogen) atoms. The third kappa shape index (κ3) is 3.44. The van der Waals surface area contributed by atoms with Gasteiger partial charge in [0, 0.05) is 24.6 Å². The third-order valence-electron chi connectivity index (χ3n) is 6.46. The molecule has 1 amide bonds. The molecule has 2 heterocycles. The fourth-order valence-electron chi connectivity index (χ4n) is 4.38. The van der Waals surface area contributed by atoms with E-state index in [0.717, 1.165) is 26.9 Å². The number of Topliss-reactive ketones (excluding diaryl/α,β-unsaturated/α-hetero) is 1. The van der Waals surface area contributed by atoms with Crippen LogP contribution in [0.5, 0.6) is 0 Å². The van der Waals surface area contributed by atoms with Gasteiger partial charge in [0.2, 0.25) is 0 Å². The van der Waals surface area contributed by atoms with Crippen molar-refractivity contribution in [1.82, 2.24) is 9.88 Å². The highest BCUT2D eigenvalue weighted by atomic mass is 32.1.